The van der Waals surface area contributed by atoms with Crippen LogP contribution in [0.2, 0.25) is 0 Å². The highest BCUT2D eigenvalue weighted by Crippen LogP contribution is 2.41. The minimum atomic E-state index is 0.553. The second kappa shape index (κ2) is 4.31. The molecule has 1 fully saturated rings. The van der Waals surface area contributed by atoms with E-state index in [-0.39, 0.29) is 0 Å². The number of hydrogen-bond acceptors (Lipinski definition) is 3. The number of anilines is 1. The Balaban J connectivity index is 2.00. The summed E-state index contributed by atoms with van der Waals surface area (Å²) in [6, 6.07) is 8.72. The van der Waals surface area contributed by atoms with Crippen LogP contribution >= 0.6 is 15.9 Å². The lowest BCUT2D eigenvalue weighted by Gasteiger charge is -2.07. The molecule has 2 N–H and O–H groups in total. The molecule has 1 aromatic carbocycles. The van der Waals surface area contributed by atoms with Crippen LogP contribution in [0.1, 0.15) is 18.9 Å². The van der Waals surface area contributed by atoms with Gasteiger partial charge in [0.15, 0.2) is 0 Å². The van der Waals surface area contributed by atoms with Crippen molar-refractivity contribution in [1.29, 1.82) is 0 Å². The summed E-state index contributed by atoms with van der Waals surface area (Å²) in [5.74, 6) is 0.959. The molecule has 20 heavy (non-hydrogen) atoms. The molecule has 1 saturated carbocycles. The molecular formula is C15H13BrN4. The number of halogens is 1. The van der Waals surface area contributed by atoms with E-state index < -0.39 is 0 Å². The number of hydrogen-bond donors (Lipinski definition) is 1. The highest BCUT2D eigenvalue weighted by Gasteiger charge is 2.28. The molecular weight excluding hydrogens is 316 g/mol. The number of nitrogen functional groups attached to an aromatic ring is 1. The standard InChI is InChI=1S/C15H13BrN4/c16-10-1-4-14-13(6-10)19-15(20(14)12-2-3-12)9-5-11(17)8-18-7-9/h1,4-8,12H,2-3,17H2. The molecule has 0 saturated heterocycles. The quantitative estimate of drug-likeness (QED) is 0.778. The van der Waals surface area contributed by atoms with E-state index in [1.54, 1.807) is 6.20 Å². The number of fused-ring (bicyclic) bond motifs is 1. The maximum absolute atomic E-state index is 5.85. The summed E-state index contributed by atoms with van der Waals surface area (Å²) in [7, 11) is 0. The van der Waals surface area contributed by atoms with Crippen LogP contribution in [0, 0.1) is 0 Å². The molecule has 2 aromatic heterocycles. The van der Waals surface area contributed by atoms with Gasteiger partial charge < -0.3 is 10.3 Å². The van der Waals surface area contributed by atoms with E-state index in [0.717, 1.165) is 21.4 Å². The summed E-state index contributed by atoms with van der Waals surface area (Å²) in [6.07, 6.45) is 5.91. The first-order chi connectivity index (χ1) is 9.72. The van der Waals surface area contributed by atoms with Crippen molar-refractivity contribution < 1.29 is 0 Å². The van der Waals surface area contributed by atoms with Crippen molar-refractivity contribution in [3.05, 3.63) is 41.1 Å². The van der Waals surface area contributed by atoms with E-state index in [1.807, 2.05) is 12.3 Å². The van der Waals surface area contributed by atoms with Crippen molar-refractivity contribution >= 4 is 32.7 Å². The third-order valence-electron chi connectivity index (χ3n) is 3.58. The summed E-state index contributed by atoms with van der Waals surface area (Å²) in [4.78, 5) is 8.97. The first-order valence-corrected chi connectivity index (χ1v) is 7.40. The Morgan fingerprint density at radius 1 is 1.20 bits per heavy atom. The number of imidazole rings is 1. The molecule has 0 atom stereocenters. The molecule has 1 aliphatic rings. The molecule has 5 heteroatoms. The van der Waals surface area contributed by atoms with Gasteiger partial charge in [-0.25, -0.2) is 4.98 Å². The van der Waals surface area contributed by atoms with Crippen LogP contribution in [-0.4, -0.2) is 14.5 Å². The average Bonchev–Trinajstić information content (AvgIpc) is 3.19. The smallest absolute Gasteiger partial charge is 0.143 e. The maximum atomic E-state index is 5.85. The van der Waals surface area contributed by atoms with Crippen LogP contribution in [0.5, 0.6) is 0 Å². The number of aromatic nitrogens is 3. The summed E-state index contributed by atoms with van der Waals surface area (Å²) in [5.41, 5.74) is 9.67. The van der Waals surface area contributed by atoms with Crippen molar-refractivity contribution in [2.24, 2.45) is 0 Å². The largest absolute Gasteiger partial charge is 0.397 e. The normalized spacial score (nSPS) is 14.8. The summed E-state index contributed by atoms with van der Waals surface area (Å²) >= 11 is 3.51. The monoisotopic (exact) mass is 328 g/mol. The van der Waals surface area contributed by atoms with Crippen molar-refractivity contribution in [3.63, 3.8) is 0 Å². The number of pyridine rings is 1. The lowest BCUT2D eigenvalue weighted by Crippen LogP contribution is -1.98. The molecule has 0 unspecified atom stereocenters. The first-order valence-electron chi connectivity index (χ1n) is 6.61. The Kier molecular flexibility index (Phi) is 2.57. The fraction of sp³-hybridized carbons (Fsp3) is 0.200. The molecule has 0 radical (unpaired) electrons. The Morgan fingerprint density at radius 3 is 2.80 bits per heavy atom. The lowest BCUT2D eigenvalue weighted by molar-refractivity contribution is 0.775. The van der Waals surface area contributed by atoms with Gasteiger partial charge in [-0.15, -0.1) is 0 Å². The zero-order chi connectivity index (χ0) is 13.7. The van der Waals surface area contributed by atoms with Gasteiger partial charge in [-0.1, -0.05) is 15.9 Å². The molecule has 4 rings (SSSR count). The second-order valence-electron chi connectivity index (χ2n) is 5.18. The van der Waals surface area contributed by atoms with Crippen LogP contribution in [0.3, 0.4) is 0 Å². The zero-order valence-corrected chi connectivity index (χ0v) is 12.3. The average molecular weight is 329 g/mol. The van der Waals surface area contributed by atoms with Crippen molar-refractivity contribution in [3.8, 4) is 11.4 Å². The van der Waals surface area contributed by atoms with E-state index in [2.05, 4.69) is 43.7 Å². The SMILES string of the molecule is Nc1cncc(-c2nc3cc(Br)ccc3n2C2CC2)c1. The maximum Gasteiger partial charge on any atom is 0.143 e. The predicted octanol–water partition coefficient (Wildman–Crippen LogP) is 3.78. The molecule has 100 valence electrons. The molecule has 0 aliphatic heterocycles. The third-order valence-corrected chi connectivity index (χ3v) is 4.07. The number of nitrogens with zero attached hydrogens (tertiary/aromatic N) is 3. The second-order valence-corrected chi connectivity index (χ2v) is 6.09. The van der Waals surface area contributed by atoms with Crippen LogP contribution in [0.25, 0.3) is 22.4 Å². The highest BCUT2D eigenvalue weighted by molar-refractivity contribution is 9.10. The molecule has 0 bridgehead atoms. The summed E-state index contributed by atoms with van der Waals surface area (Å²) < 4.78 is 3.36. The fourth-order valence-corrected chi connectivity index (χ4v) is 2.91. The van der Waals surface area contributed by atoms with E-state index in [0.29, 0.717) is 11.7 Å². The minimum absolute atomic E-state index is 0.553. The highest BCUT2D eigenvalue weighted by atomic mass is 79.9. The van der Waals surface area contributed by atoms with E-state index >= 15 is 0 Å². The van der Waals surface area contributed by atoms with Gasteiger partial charge in [0, 0.05) is 28.5 Å². The van der Waals surface area contributed by atoms with Gasteiger partial charge >= 0.3 is 0 Å². The molecule has 1 aliphatic carbocycles. The molecule has 0 spiro atoms. The van der Waals surface area contributed by atoms with Gasteiger partial charge in [0.1, 0.15) is 5.82 Å². The van der Waals surface area contributed by atoms with Gasteiger partial charge in [-0.05, 0) is 37.1 Å². The third kappa shape index (κ3) is 1.89. The van der Waals surface area contributed by atoms with Crippen LogP contribution in [0.4, 0.5) is 5.69 Å². The van der Waals surface area contributed by atoms with E-state index in [1.165, 1.54) is 18.4 Å². The van der Waals surface area contributed by atoms with Gasteiger partial charge in [0.2, 0.25) is 0 Å². The van der Waals surface area contributed by atoms with Crippen LogP contribution in [0.15, 0.2) is 41.1 Å². The number of benzene rings is 1. The van der Waals surface area contributed by atoms with Crippen LogP contribution < -0.4 is 5.73 Å². The Labute approximate surface area is 124 Å². The van der Waals surface area contributed by atoms with E-state index in [4.69, 9.17) is 10.7 Å². The Hall–Kier alpha value is -1.88. The van der Waals surface area contributed by atoms with Gasteiger partial charge in [-0.3, -0.25) is 4.98 Å². The molecule has 4 nitrogen and oxygen atoms in total. The summed E-state index contributed by atoms with van der Waals surface area (Å²) in [6.45, 7) is 0. The van der Waals surface area contributed by atoms with Gasteiger partial charge in [0.25, 0.3) is 0 Å². The Morgan fingerprint density at radius 2 is 2.05 bits per heavy atom. The molecule has 3 aromatic rings. The van der Waals surface area contributed by atoms with Crippen molar-refractivity contribution in [2.45, 2.75) is 18.9 Å². The Bertz CT molecular complexity index is 805. The number of rotatable bonds is 2. The lowest BCUT2D eigenvalue weighted by atomic mass is 10.2. The molecule has 0 amide bonds. The fourth-order valence-electron chi connectivity index (χ4n) is 2.56. The predicted molar refractivity (Wildman–Crippen MR) is 83.3 cm³/mol. The van der Waals surface area contributed by atoms with Crippen LogP contribution in [-0.2, 0) is 0 Å². The van der Waals surface area contributed by atoms with Crippen molar-refractivity contribution in [1.82, 2.24) is 14.5 Å². The topological polar surface area (TPSA) is 56.7 Å². The zero-order valence-electron chi connectivity index (χ0n) is 10.8. The van der Waals surface area contributed by atoms with Gasteiger partial charge in [0.05, 0.1) is 16.7 Å². The minimum Gasteiger partial charge on any atom is -0.397 e. The van der Waals surface area contributed by atoms with E-state index in [9.17, 15) is 0 Å². The van der Waals surface area contributed by atoms with Gasteiger partial charge in [-0.2, -0.15) is 0 Å². The number of nitrogens with two attached hydrogens (primary N) is 1. The van der Waals surface area contributed by atoms with Crippen molar-refractivity contribution in [2.75, 3.05) is 5.73 Å². The summed E-state index contributed by atoms with van der Waals surface area (Å²) in [5, 5.41) is 0. The first kappa shape index (κ1) is 11.9. The molecule has 2 heterocycles.